The van der Waals surface area contributed by atoms with Crippen LogP contribution in [0.5, 0.6) is 0 Å². The number of aromatic nitrogens is 2. The van der Waals surface area contributed by atoms with Crippen LogP contribution in [0.4, 0.5) is 4.39 Å². The fraction of sp³-hybridized carbons (Fsp3) is 0. The Balaban J connectivity index is 2.91. The van der Waals surface area contributed by atoms with Crippen molar-refractivity contribution < 1.29 is 4.39 Å². The fourth-order valence-electron chi connectivity index (χ4n) is 0.968. The number of pyridine rings is 2. The highest BCUT2D eigenvalue weighted by molar-refractivity contribution is 5.77. The van der Waals surface area contributed by atoms with Gasteiger partial charge in [-0.15, -0.1) is 0 Å². The smallest absolute Gasteiger partial charge is 0.222 e. The Kier molecular flexibility index (Phi) is 1.28. The zero-order chi connectivity index (χ0) is 7.68. The fourth-order valence-corrected chi connectivity index (χ4v) is 0.968. The molecule has 0 aliphatic heterocycles. The van der Waals surface area contributed by atoms with Crippen molar-refractivity contribution in [2.45, 2.75) is 0 Å². The van der Waals surface area contributed by atoms with Gasteiger partial charge in [-0.3, -0.25) is 4.98 Å². The van der Waals surface area contributed by atoms with Gasteiger partial charge in [-0.05, 0) is 18.2 Å². The largest absolute Gasteiger partial charge is 0.256 e. The van der Waals surface area contributed by atoms with E-state index in [0.717, 1.165) is 0 Å². The molecule has 2 aromatic heterocycles. The summed E-state index contributed by atoms with van der Waals surface area (Å²) in [6, 6.07) is 5.02. The van der Waals surface area contributed by atoms with Gasteiger partial charge in [-0.2, -0.15) is 4.39 Å². The number of nitrogens with zero attached hydrogens (tertiary/aromatic N) is 2. The van der Waals surface area contributed by atoms with E-state index in [9.17, 15) is 4.39 Å². The van der Waals surface area contributed by atoms with Crippen LogP contribution in [0, 0.1) is 5.95 Å². The average molecular weight is 148 g/mol. The molecule has 0 unspecified atom stereocenters. The van der Waals surface area contributed by atoms with Gasteiger partial charge in [-0.1, -0.05) is 0 Å². The summed E-state index contributed by atoms with van der Waals surface area (Å²) < 4.78 is 12.8. The van der Waals surface area contributed by atoms with Gasteiger partial charge < -0.3 is 0 Å². The van der Waals surface area contributed by atoms with Crippen LogP contribution < -0.4 is 0 Å². The lowest BCUT2D eigenvalue weighted by atomic mass is 10.3. The summed E-state index contributed by atoms with van der Waals surface area (Å²) in [4.78, 5) is 7.46. The number of fused-ring (bicyclic) bond motifs is 1. The molecule has 2 nitrogen and oxygen atoms in total. The Hall–Kier alpha value is -1.51. The van der Waals surface area contributed by atoms with Crippen LogP contribution in [0.1, 0.15) is 0 Å². The van der Waals surface area contributed by atoms with Crippen LogP contribution in [-0.2, 0) is 0 Å². The number of hydrogen-bond donors (Lipinski definition) is 0. The van der Waals surface area contributed by atoms with E-state index in [-0.39, 0.29) is 0 Å². The molecular formula is C8H5FN2. The van der Waals surface area contributed by atoms with E-state index < -0.39 is 5.95 Å². The van der Waals surface area contributed by atoms with Gasteiger partial charge in [-0.25, -0.2) is 4.98 Å². The molecule has 0 aliphatic carbocycles. The van der Waals surface area contributed by atoms with Crippen molar-refractivity contribution in [2.75, 3.05) is 0 Å². The summed E-state index contributed by atoms with van der Waals surface area (Å²) in [6.45, 7) is 0. The van der Waals surface area contributed by atoms with Crippen LogP contribution >= 0.6 is 0 Å². The van der Waals surface area contributed by atoms with Crippen LogP contribution in [-0.4, -0.2) is 9.97 Å². The average Bonchev–Trinajstić information content (AvgIpc) is 2.06. The molecule has 0 aliphatic rings. The molecule has 3 heteroatoms. The van der Waals surface area contributed by atoms with Gasteiger partial charge in [0, 0.05) is 12.4 Å². The first-order valence-corrected chi connectivity index (χ1v) is 3.23. The van der Waals surface area contributed by atoms with E-state index in [4.69, 9.17) is 0 Å². The number of halogens is 1. The Morgan fingerprint density at radius 2 is 2.00 bits per heavy atom. The summed E-state index contributed by atoms with van der Waals surface area (Å²) >= 11 is 0. The summed E-state index contributed by atoms with van der Waals surface area (Å²) in [5.41, 5.74) is 0.639. The van der Waals surface area contributed by atoms with Crippen molar-refractivity contribution in [3.63, 3.8) is 0 Å². The highest BCUT2D eigenvalue weighted by atomic mass is 19.1. The topological polar surface area (TPSA) is 25.8 Å². The van der Waals surface area contributed by atoms with Crippen molar-refractivity contribution in [3.05, 3.63) is 36.5 Å². The van der Waals surface area contributed by atoms with Gasteiger partial charge in [0.05, 0.1) is 10.9 Å². The zero-order valence-corrected chi connectivity index (χ0v) is 5.66. The molecule has 0 N–H and O–H groups in total. The van der Waals surface area contributed by atoms with Crippen molar-refractivity contribution in [2.24, 2.45) is 0 Å². The predicted octanol–water partition coefficient (Wildman–Crippen LogP) is 1.77. The van der Waals surface area contributed by atoms with E-state index in [0.29, 0.717) is 10.9 Å². The van der Waals surface area contributed by atoms with E-state index in [1.54, 1.807) is 24.4 Å². The first-order valence-electron chi connectivity index (χ1n) is 3.23. The standard InChI is InChI=1S/C8H5FN2/c9-8-6-2-1-4-10-7(6)3-5-11-8/h1-5H. The van der Waals surface area contributed by atoms with E-state index >= 15 is 0 Å². The highest BCUT2D eigenvalue weighted by Crippen LogP contribution is 2.11. The number of hydrogen-bond acceptors (Lipinski definition) is 2. The molecule has 0 spiro atoms. The normalized spacial score (nSPS) is 10.3. The Morgan fingerprint density at radius 1 is 1.09 bits per heavy atom. The maximum atomic E-state index is 12.8. The van der Waals surface area contributed by atoms with Gasteiger partial charge in [0.1, 0.15) is 0 Å². The lowest BCUT2D eigenvalue weighted by Gasteiger charge is -1.94. The molecule has 0 bridgehead atoms. The first-order chi connectivity index (χ1) is 5.38. The molecule has 2 heterocycles. The Morgan fingerprint density at radius 3 is 2.82 bits per heavy atom. The summed E-state index contributed by atoms with van der Waals surface area (Å²) in [5.74, 6) is -0.462. The van der Waals surface area contributed by atoms with Crippen molar-refractivity contribution >= 4 is 10.9 Å². The third-order valence-corrected chi connectivity index (χ3v) is 1.48. The highest BCUT2D eigenvalue weighted by Gasteiger charge is 1.98. The quantitative estimate of drug-likeness (QED) is 0.532. The minimum Gasteiger partial charge on any atom is -0.256 e. The summed E-state index contributed by atoms with van der Waals surface area (Å²) in [6.07, 6.45) is 3.03. The second-order valence-corrected chi connectivity index (χ2v) is 2.17. The molecule has 2 rings (SSSR count). The molecular weight excluding hydrogens is 143 g/mol. The third kappa shape index (κ3) is 0.941. The van der Waals surface area contributed by atoms with Crippen LogP contribution in [0.3, 0.4) is 0 Å². The summed E-state index contributed by atoms with van der Waals surface area (Å²) in [5, 5.41) is 0.468. The molecule has 0 radical (unpaired) electrons. The molecule has 2 aromatic rings. The minimum absolute atomic E-state index is 0.462. The van der Waals surface area contributed by atoms with Crippen LogP contribution in [0.25, 0.3) is 10.9 Å². The van der Waals surface area contributed by atoms with Gasteiger partial charge >= 0.3 is 0 Å². The van der Waals surface area contributed by atoms with Crippen LogP contribution in [0.2, 0.25) is 0 Å². The predicted molar refractivity (Wildman–Crippen MR) is 39.5 cm³/mol. The molecule has 0 aromatic carbocycles. The first kappa shape index (κ1) is 6.22. The van der Waals surface area contributed by atoms with E-state index in [1.807, 2.05) is 0 Å². The maximum Gasteiger partial charge on any atom is 0.222 e. The second-order valence-electron chi connectivity index (χ2n) is 2.17. The molecule has 0 amide bonds. The minimum atomic E-state index is -0.462. The monoisotopic (exact) mass is 148 g/mol. The molecule has 11 heavy (non-hydrogen) atoms. The van der Waals surface area contributed by atoms with Gasteiger partial charge in [0.25, 0.3) is 0 Å². The van der Waals surface area contributed by atoms with Gasteiger partial charge in [0.2, 0.25) is 5.95 Å². The molecule has 0 fully saturated rings. The molecule has 0 saturated carbocycles. The lowest BCUT2D eigenvalue weighted by molar-refractivity contribution is 0.596. The maximum absolute atomic E-state index is 12.8. The van der Waals surface area contributed by atoms with E-state index in [2.05, 4.69) is 9.97 Å². The second kappa shape index (κ2) is 2.27. The molecule has 0 atom stereocenters. The Labute approximate surface area is 62.7 Å². The number of rotatable bonds is 0. The summed E-state index contributed by atoms with van der Waals surface area (Å²) in [7, 11) is 0. The Bertz CT molecular complexity index is 381. The molecule has 54 valence electrons. The van der Waals surface area contributed by atoms with Crippen molar-refractivity contribution in [1.29, 1.82) is 0 Å². The SMILES string of the molecule is Fc1nccc2ncccc12. The lowest BCUT2D eigenvalue weighted by Crippen LogP contribution is -1.85. The van der Waals surface area contributed by atoms with E-state index in [1.165, 1.54) is 6.20 Å². The van der Waals surface area contributed by atoms with Gasteiger partial charge in [0.15, 0.2) is 0 Å². The van der Waals surface area contributed by atoms with Crippen molar-refractivity contribution in [3.8, 4) is 0 Å². The van der Waals surface area contributed by atoms with Crippen LogP contribution in [0.15, 0.2) is 30.6 Å². The zero-order valence-electron chi connectivity index (χ0n) is 5.66. The van der Waals surface area contributed by atoms with Crippen molar-refractivity contribution in [1.82, 2.24) is 9.97 Å². The third-order valence-electron chi connectivity index (χ3n) is 1.48. The molecule has 0 saturated heterocycles.